The number of halogens is 1. The van der Waals surface area contributed by atoms with Crippen LogP contribution in [0.5, 0.6) is 0 Å². The smallest absolute Gasteiger partial charge is 0.259 e. The van der Waals surface area contributed by atoms with Crippen molar-refractivity contribution in [1.29, 1.82) is 0 Å². The summed E-state index contributed by atoms with van der Waals surface area (Å²) in [5.41, 5.74) is -2.28. The van der Waals surface area contributed by atoms with Gasteiger partial charge in [-0.25, -0.2) is 19.9 Å². The predicted octanol–water partition coefficient (Wildman–Crippen LogP) is 5.92. The van der Waals surface area contributed by atoms with Gasteiger partial charge in [0.25, 0.3) is 11.8 Å². The number of carbonyl (C=O) groups excluding carboxylic acids is 2. The number of amides is 2. The Morgan fingerprint density at radius 3 is 2.59 bits per heavy atom. The van der Waals surface area contributed by atoms with Gasteiger partial charge in [-0.05, 0) is 86.7 Å². The van der Waals surface area contributed by atoms with E-state index in [1.54, 1.807) is 0 Å². The average Bonchev–Trinajstić information content (AvgIpc) is 3.74. The van der Waals surface area contributed by atoms with Gasteiger partial charge in [0.15, 0.2) is 11.0 Å². The number of nitrogens with zero attached hydrogens (tertiary/aromatic N) is 5. The van der Waals surface area contributed by atoms with Gasteiger partial charge in [0.1, 0.15) is 11.6 Å². The Morgan fingerprint density at radius 2 is 1.80 bits per heavy atom. The van der Waals surface area contributed by atoms with E-state index in [1.165, 1.54) is 36.7 Å². The number of nitrogens with one attached hydrogen (secondary N) is 3. The summed E-state index contributed by atoms with van der Waals surface area (Å²) in [4.78, 5) is 42.1. The van der Waals surface area contributed by atoms with Crippen LogP contribution in [-0.4, -0.2) is 43.8 Å². The van der Waals surface area contributed by atoms with Crippen LogP contribution in [0.15, 0.2) is 61.1 Å². The SMILES string of the molecule is [2H]c1nc(Cl)c(NC(=O)c2cccnc2NC2C([2H])([2H])C2([2H])[2H])c(C([2H])([2H])[2H])c1[2H].[2H]c1nc2c(c(C([2H])([2H])[2H])c1[2H])NC(=O)c1cccnc1N2C1C([2H])([2H])C1([2H])[2H]. The minimum absolute atomic E-state index is 0.0430. The second-order valence-corrected chi connectivity index (χ2v) is 8.78. The first kappa shape index (κ1) is 12.9. The molecule has 5 heterocycles. The lowest BCUT2D eigenvalue weighted by atomic mass is 10.2. The van der Waals surface area contributed by atoms with E-state index in [2.05, 4.69) is 35.9 Å². The zero-order valence-corrected chi connectivity index (χ0v) is 21.3. The first-order valence-corrected chi connectivity index (χ1v) is 12.1. The molecular formula is C30H29ClN8O2. The molecule has 3 aliphatic rings. The standard InChI is InChI=1S/C15H15ClN4O.C15H14N4O/c1-9-6-8-17-13(16)12(9)20-15(21)11-3-2-7-18-14(11)19-10-4-5-10;1-9-6-8-17-14-12(9)18-15(20)11-3-2-7-16-13(11)19(14)10-4-5-10/h2-3,6-8,10H,4-5H2,1H3,(H,18,19)(H,20,21);2-3,6-8,10H,4-5H2,1H3,(H,18,20)/i2*1D3,4D2,5D2,6D,8D. The maximum Gasteiger partial charge on any atom is 0.259 e. The fraction of sp³-hybridized carbons (Fsp3) is 0.267. The van der Waals surface area contributed by atoms with Crippen LogP contribution in [0, 0.1) is 13.7 Å². The van der Waals surface area contributed by atoms with Crippen molar-refractivity contribution in [1.82, 2.24) is 19.9 Å². The Bertz CT molecular complexity index is 2380. The number of hydrogen-bond donors (Lipinski definition) is 3. The van der Waals surface area contributed by atoms with Gasteiger partial charge >= 0.3 is 0 Å². The normalized spacial score (nSPS) is 27.3. The van der Waals surface area contributed by atoms with E-state index in [-0.39, 0.29) is 34.3 Å². The molecular weight excluding hydrogens is 540 g/mol. The molecule has 2 saturated carbocycles. The van der Waals surface area contributed by atoms with Crippen molar-refractivity contribution in [2.45, 2.75) is 51.3 Å². The third-order valence-corrected chi connectivity index (χ3v) is 6.00. The summed E-state index contributed by atoms with van der Waals surface area (Å²) >= 11 is 5.94. The molecule has 0 saturated heterocycles. The molecule has 1 aliphatic heterocycles. The largest absolute Gasteiger partial charge is 0.367 e. The van der Waals surface area contributed by atoms with Crippen LogP contribution in [-0.2, 0) is 0 Å². The third kappa shape index (κ3) is 5.69. The average molecular weight is 587 g/mol. The number of pyridine rings is 4. The Hall–Kier alpha value is -4.57. The molecule has 7 rings (SSSR count). The fourth-order valence-corrected chi connectivity index (χ4v) is 3.91. The Morgan fingerprint density at radius 1 is 1.05 bits per heavy atom. The van der Waals surface area contributed by atoms with Gasteiger partial charge in [0.2, 0.25) is 0 Å². The molecule has 11 heteroatoms. The maximum absolute atomic E-state index is 12.8. The molecule has 2 amide bonds. The molecule has 208 valence electrons. The fourth-order valence-electron chi connectivity index (χ4n) is 3.72. The molecule has 0 atom stereocenters. The van der Waals surface area contributed by atoms with E-state index < -0.39 is 109 Å². The summed E-state index contributed by atoms with van der Waals surface area (Å²) < 4.78 is 140. The van der Waals surface area contributed by atoms with Crippen LogP contribution < -0.4 is 20.9 Å². The van der Waals surface area contributed by atoms with Gasteiger partial charge in [0.05, 0.1) is 28.0 Å². The summed E-state index contributed by atoms with van der Waals surface area (Å²) in [6, 6.07) is 1.43. The van der Waals surface area contributed by atoms with Crippen LogP contribution in [0.4, 0.5) is 28.8 Å². The number of anilines is 5. The van der Waals surface area contributed by atoms with Gasteiger partial charge in [0, 0.05) is 56.0 Å². The lowest BCUT2D eigenvalue weighted by Crippen LogP contribution is -2.22. The molecule has 0 aromatic carbocycles. The van der Waals surface area contributed by atoms with Crippen molar-refractivity contribution >= 4 is 52.2 Å². The molecule has 41 heavy (non-hydrogen) atoms. The van der Waals surface area contributed by atoms with E-state index in [0.29, 0.717) is 0 Å². The molecule has 4 aromatic rings. The zero-order valence-electron chi connectivity index (χ0n) is 38.5. The third-order valence-electron chi connectivity index (χ3n) is 5.73. The second kappa shape index (κ2) is 11.1. The van der Waals surface area contributed by atoms with E-state index in [4.69, 9.17) is 36.3 Å². The van der Waals surface area contributed by atoms with Gasteiger partial charge in [-0.1, -0.05) is 11.6 Å². The molecule has 3 N–H and O–H groups in total. The lowest BCUT2D eigenvalue weighted by molar-refractivity contribution is 0.101. The van der Waals surface area contributed by atoms with Crippen LogP contribution in [0.2, 0.25) is 5.15 Å². The van der Waals surface area contributed by atoms with E-state index >= 15 is 0 Å². The zero-order chi connectivity index (χ0) is 44.2. The minimum Gasteiger partial charge on any atom is -0.367 e. The molecule has 0 spiro atoms. The van der Waals surface area contributed by atoms with Crippen molar-refractivity contribution in [2.24, 2.45) is 0 Å². The summed E-state index contributed by atoms with van der Waals surface area (Å²) in [5, 5.41) is 6.76. The number of aromatic nitrogens is 4. The first-order chi connectivity index (χ1) is 27.0. The van der Waals surface area contributed by atoms with Crippen LogP contribution in [0.25, 0.3) is 0 Å². The molecule has 2 fully saturated rings. The summed E-state index contributed by atoms with van der Waals surface area (Å²) in [6.45, 7) is -5.75. The van der Waals surface area contributed by atoms with Gasteiger partial charge in [-0.3, -0.25) is 9.59 Å². The highest BCUT2D eigenvalue weighted by Crippen LogP contribution is 2.43. The monoisotopic (exact) mass is 586 g/mol. The summed E-state index contributed by atoms with van der Waals surface area (Å²) in [7, 11) is 0. The lowest BCUT2D eigenvalue weighted by Gasteiger charge is -2.23. The van der Waals surface area contributed by atoms with Crippen LogP contribution >= 0.6 is 11.6 Å². The quantitative estimate of drug-likeness (QED) is 0.246. The molecule has 10 nitrogen and oxygen atoms in total. The topological polar surface area (TPSA) is 125 Å². The highest BCUT2D eigenvalue weighted by atomic mass is 35.5. The second-order valence-electron chi connectivity index (χ2n) is 8.42. The van der Waals surface area contributed by atoms with Gasteiger partial charge < -0.3 is 20.9 Å². The van der Waals surface area contributed by atoms with Crippen molar-refractivity contribution < 1.29 is 34.3 Å². The first-order valence-electron chi connectivity index (χ1n) is 20.8. The van der Waals surface area contributed by atoms with Crippen molar-refractivity contribution in [3.05, 3.63) is 88.5 Å². The van der Waals surface area contributed by atoms with Crippen LogP contribution in [0.1, 0.15) is 82.0 Å². The molecule has 0 bridgehead atoms. The Balaban J connectivity index is 0.000000198. The van der Waals surface area contributed by atoms with Gasteiger partial charge in [-0.2, -0.15) is 0 Å². The molecule has 0 unspecified atom stereocenters. The number of carbonyl (C=O) groups is 2. The predicted molar refractivity (Wildman–Crippen MR) is 159 cm³/mol. The summed E-state index contributed by atoms with van der Waals surface area (Å²) in [6.07, 6.45) is -7.75. The van der Waals surface area contributed by atoms with E-state index in [1.807, 2.05) is 0 Å². The molecule has 0 radical (unpaired) electrons. The number of rotatable bonds is 5. The van der Waals surface area contributed by atoms with Crippen molar-refractivity contribution in [2.75, 3.05) is 20.9 Å². The number of fused-ring (bicyclic) bond motifs is 2. The molecule has 4 aromatic heterocycles. The highest BCUT2D eigenvalue weighted by molar-refractivity contribution is 6.33. The van der Waals surface area contributed by atoms with E-state index in [9.17, 15) is 9.59 Å². The minimum atomic E-state index is -2.88. The number of hydrogen-bond acceptors (Lipinski definition) is 8. The maximum atomic E-state index is 12.8. The van der Waals surface area contributed by atoms with E-state index in [0.717, 1.165) is 4.90 Å². The Kier molecular flexibility index (Phi) is 3.51. The van der Waals surface area contributed by atoms with Crippen molar-refractivity contribution in [3.8, 4) is 0 Å². The highest BCUT2D eigenvalue weighted by Gasteiger charge is 2.38. The molecule has 2 aliphatic carbocycles. The van der Waals surface area contributed by atoms with Crippen molar-refractivity contribution in [3.63, 3.8) is 0 Å². The van der Waals surface area contributed by atoms with Crippen LogP contribution in [0.3, 0.4) is 0 Å². The summed E-state index contributed by atoms with van der Waals surface area (Å²) in [5.74, 6) is -2.21. The Labute approximate surface area is 267 Å². The van der Waals surface area contributed by atoms with Gasteiger partial charge in [-0.15, -0.1) is 0 Å².